The summed E-state index contributed by atoms with van der Waals surface area (Å²) < 4.78 is 37.4. The maximum absolute atomic E-state index is 12.5. The van der Waals surface area contributed by atoms with Crippen LogP contribution in [0.15, 0.2) is 6.07 Å². The van der Waals surface area contributed by atoms with Crippen LogP contribution >= 0.6 is 0 Å². The van der Waals surface area contributed by atoms with Gasteiger partial charge in [-0.2, -0.15) is 13.2 Å². The van der Waals surface area contributed by atoms with Gasteiger partial charge in [0, 0.05) is 12.6 Å². The third kappa shape index (κ3) is 3.24. The fourth-order valence-corrected chi connectivity index (χ4v) is 1.87. The summed E-state index contributed by atoms with van der Waals surface area (Å²) in [7, 11) is 0. The van der Waals surface area contributed by atoms with Crippen LogP contribution in [0.4, 0.5) is 24.8 Å². The Bertz CT molecular complexity index is 415. The molecule has 1 aliphatic carbocycles. The van der Waals surface area contributed by atoms with Crippen molar-refractivity contribution >= 4 is 11.6 Å². The number of aromatic nitrogens is 2. The number of rotatable bonds is 4. The van der Waals surface area contributed by atoms with E-state index in [1.807, 2.05) is 0 Å². The molecule has 2 rings (SSSR count). The predicted molar refractivity (Wildman–Crippen MR) is 61.9 cm³/mol. The van der Waals surface area contributed by atoms with Crippen LogP contribution in [-0.4, -0.2) is 16.5 Å². The van der Waals surface area contributed by atoms with E-state index in [9.17, 15) is 13.2 Å². The molecule has 1 fully saturated rings. The number of anilines is 2. The van der Waals surface area contributed by atoms with E-state index >= 15 is 0 Å². The molecule has 1 saturated carbocycles. The first kappa shape index (κ1) is 12.9. The summed E-state index contributed by atoms with van der Waals surface area (Å²) >= 11 is 0. The molecule has 7 heteroatoms. The smallest absolute Gasteiger partial charge is 0.384 e. The number of nitrogens with zero attached hydrogens (tertiary/aromatic N) is 2. The van der Waals surface area contributed by atoms with Crippen molar-refractivity contribution in [3.05, 3.63) is 11.9 Å². The molecule has 0 spiro atoms. The zero-order chi connectivity index (χ0) is 13.2. The molecule has 0 atom stereocenters. The summed E-state index contributed by atoms with van der Waals surface area (Å²) in [4.78, 5) is 6.60. The molecule has 4 nitrogen and oxygen atoms in total. The Labute approximate surface area is 103 Å². The Morgan fingerprint density at radius 2 is 2.06 bits per heavy atom. The molecule has 18 heavy (non-hydrogen) atoms. The summed E-state index contributed by atoms with van der Waals surface area (Å²) in [5.74, 6) is -0.551. The van der Waals surface area contributed by atoms with Crippen LogP contribution in [-0.2, 0) is 6.18 Å². The van der Waals surface area contributed by atoms with Crippen LogP contribution in [0.1, 0.15) is 31.5 Å². The van der Waals surface area contributed by atoms with Gasteiger partial charge in [-0.1, -0.05) is 19.3 Å². The Morgan fingerprint density at radius 1 is 1.33 bits per heavy atom. The molecule has 0 bridgehead atoms. The quantitative estimate of drug-likeness (QED) is 0.873. The van der Waals surface area contributed by atoms with E-state index < -0.39 is 12.0 Å². The molecule has 0 amide bonds. The topological polar surface area (TPSA) is 63.8 Å². The van der Waals surface area contributed by atoms with Gasteiger partial charge in [0.05, 0.1) is 0 Å². The van der Waals surface area contributed by atoms with Crippen molar-refractivity contribution in [1.29, 1.82) is 0 Å². The van der Waals surface area contributed by atoms with Crippen LogP contribution in [0.3, 0.4) is 0 Å². The first-order chi connectivity index (χ1) is 8.45. The molecule has 1 aliphatic rings. The number of nitrogens with one attached hydrogen (secondary N) is 1. The standard InChI is InChI=1S/C11H15F3N4/c12-11(13,14)10-17-8(15)6-9(18-10)16-5-4-7-2-1-3-7/h6-7H,1-5H2,(H3,15,16,17,18). The predicted octanol–water partition coefficient (Wildman–Crippen LogP) is 2.68. The van der Waals surface area contributed by atoms with Crippen LogP contribution in [0.25, 0.3) is 0 Å². The van der Waals surface area contributed by atoms with Crippen molar-refractivity contribution in [1.82, 2.24) is 9.97 Å². The molecule has 0 aliphatic heterocycles. The number of alkyl halides is 3. The van der Waals surface area contributed by atoms with E-state index in [1.54, 1.807) is 0 Å². The lowest BCUT2D eigenvalue weighted by Crippen LogP contribution is -2.18. The Morgan fingerprint density at radius 3 is 2.61 bits per heavy atom. The Balaban J connectivity index is 1.96. The van der Waals surface area contributed by atoms with E-state index in [1.165, 1.54) is 25.3 Å². The molecular formula is C11H15F3N4. The summed E-state index contributed by atoms with van der Waals surface area (Å²) in [5.41, 5.74) is 5.33. The average Bonchev–Trinajstić information content (AvgIpc) is 2.20. The van der Waals surface area contributed by atoms with Crippen LogP contribution in [0, 0.1) is 5.92 Å². The van der Waals surface area contributed by atoms with Gasteiger partial charge in [0.15, 0.2) is 0 Å². The van der Waals surface area contributed by atoms with Gasteiger partial charge in [-0.3, -0.25) is 0 Å². The maximum Gasteiger partial charge on any atom is 0.451 e. The minimum absolute atomic E-state index is 0.133. The summed E-state index contributed by atoms with van der Waals surface area (Å²) in [5, 5.41) is 2.87. The Kier molecular flexibility index (Phi) is 3.58. The zero-order valence-corrected chi connectivity index (χ0v) is 9.80. The molecule has 100 valence electrons. The summed E-state index contributed by atoms with van der Waals surface area (Å²) in [6, 6.07) is 1.32. The largest absolute Gasteiger partial charge is 0.451 e. The molecule has 0 unspecified atom stereocenters. The van der Waals surface area contributed by atoms with Gasteiger partial charge in [0.1, 0.15) is 11.6 Å². The van der Waals surface area contributed by atoms with Gasteiger partial charge in [0.2, 0.25) is 5.82 Å². The van der Waals surface area contributed by atoms with Crippen molar-refractivity contribution in [3.8, 4) is 0 Å². The van der Waals surface area contributed by atoms with Gasteiger partial charge < -0.3 is 11.1 Å². The number of nitrogen functional groups attached to an aromatic ring is 1. The van der Waals surface area contributed by atoms with E-state index in [0.29, 0.717) is 12.5 Å². The molecule has 1 heterocycles. The Hall–Kier alpha value is -1.53. The zero-order valence-electron chi connectivity index (χ0n) is 9.80. The second-order valence-electron chi connectivity index (χ2n) is 4.51. The summed E-state index contributed by atoms with van der Waals surface area (Å²) in [6.07, 6.45) is 0.0528. The number of hydrogen-bond donors (Lipinski definition) is 2. The van der Waals surface area contributed by atoms with Crippen molar-refractivity contribution < 1.29 is 13.2 Å². The maximum atomic E-state index is 12.5. The van der Waals surface area contributed by atoms with E-state index in [2.05, 4.69) is 15.3 Å². The third-order valence-electron chi connectivity index (χ3n) is 3.08. The molecular weight excluding hydrogens is 245 g/mol. The van der Waals surface area contributed by atoms with Gasteiger partial charge >= 0.3 is 6.18 Å². The van der Waals surface area contributed by atoms with Gasteiger partial charge in [-0.05, 0) is 12.3 Å². The summed E-state index contributed by atoms with van der Waals surface area (Å²) in [6.45, 7) is 0.610. The second kappa shape index (κ2) is 4.99. The van der Waals surface area contributed by atoms with E-state index in [4.69, 9.17) is 5.73 Å². The third-order valence-corrected chi connectivity index (χ3v) is 3.08. The minimum atomic E-state index is -4.57. The average molecular weight is 260 g/mol. The fraction of sp³-hybridized carbons (Fsp3) is 0.636. The van der Waals surface area contributed by atoms with Crippen molar-refractivity contribution in [2.45, 2.75) is 31.9 Å². The first-order valence-electron chi connectivity index (χ1n) is 5.91. The lowest BCUT2D eigenvalue weighted by Gasteiger charge is -2.25. The number of nitrogens with two attached hydrogens (primary N) is 1. The molecule has 3 N–H and O–H groups in total. The highest BCUT2D eigenvalue weighted by atomic mass is 19.4. The number of hydrogen-bond acceptors (Lipinski definition) is 4. The van der Waals surface area contributed by atoms with Crippen molar-refractivity contribution in [2.75, 3.05) is 17.6 Å². The monoisotopic (exact) mass is 260 g/mol. The van der Waals surface area contributed by atoms with Crippen molar-refractivity contribution in [2.24, 2.45) is 5.92 Å². The molecule has 0 radical (unpaired) electrons. The lowest BCUT2D eigenvalue weighted by molar-refractivity contribution is -0.144. The normalized spacial score (nSPS) is 16.4. The molecule has 0 saturated heterocycles. The van der Waals surface area contributed by atoms with Crippen LogP contribution < -0.4 is 11.1 Å². The second-order valence-corrected chi connectivity index (χ2v) is 4.51. The molecule has 1 aromatic rings. The van der Waals surface area contributed by atoms with Crippen LogP contribution in [0.2, 0.25) is 0 Å². The highest BCUT2D eigenvalue weighted by Gasteiger charge is 2.35. The first-order valence-corrected chi connectivity index (χ1v) is 5.91. The highest BCUT2D eigenvalue weighted by Crippen LogP contribution is 2.30. The van der Waals surface area contributed by atoms with E-state index in [0.717, 1.165) is 6.42 Å². The fourth-order valence-electron chi connectivity index (χ4n) is 1.87. The van der Waals surface area contributed by atoms with Gasteiger partial charge in [0.25, 0.3) is 0 Å². The highest BCUT2D eigenvalue weighted by molar-refractivity contribution is 5.44. The lowest BCUT2D eigenvalue weighted by atomic mass is 9.83. The van der Waals surface area contributed by atoms with Gasteiger partial charge in [-0.25, -0.2) is 9.97 Å². The minimum Gasteiger partial charge on any atom is -0.384 e. The van der Waals surface area contributed by atoms with Crippen LogP contribution in [0.5, 0.6) is 0 Å². The van der Waals surface area contributed by atoms with Gasteiger partial charge in [-0.15, -0.1) is 0 Å². The van der Waals surface area contributed by atoms with Crippen molar-refractivity contribution in [3.63, 3.8) is 0 Å². The van der Waals surface area contributed by atoms with E-state index in [-0.39, 0.29) is 11.6 Å². The SMILES string of the molecule is Nc1cc(NCCC2CCC2)nc(C(F)(F)F)n1. The molecule has 0 aromatic carbocycles. The molecule has 1 aromatic heterocycles. The number of halogens is 3.